The van der Waals surface area contributed by atoms with Crippen LogP contribution in [-0.2, 0) is 4.79 Å². The van der Waals surface area contributed by atoms with Gasteiger partial charge in [-0.1, -0.05) is 20.3 Å². The van der Waals surface area contributed by atoms with Crippen LogP contribution in [0.5, 0.6) is 0 Å². The molecule has 1 amide bonds. The van der Waals surface area contributed by atoms with E-state index in [4.69, 9.17) is 5.73 Å². The molecule has 0 rings (SSSR count). The molecule has 0 aliphatic rings. The Morgan fingerprint density at radius 3 is 2.30 bits per heavy atom. The van der Waals surface area contributed by atoms with Crippen LogP contribution in [0.3, 0.4) is 0 Å². The number of primary amides is 1. The molecule has 0 aliphatic heterocycles. The third-order valence-corrected chi connectivity index (χ3v) is 1.83. The van der Waals surface area contributed by atoms with Crippen molar-refractivity contribution < 1.29 is 4.79 Å². The highest BCUT2D eigenvalue weighted by Crippen LogP contribution is 2.05. The van der Waals surface area contributed by atoms with Crippen molar-refractivity contribution in [1.82, 2.24) is 5.32 Å². The van der Waals surface area contributed by atoms with Gasteiger partial charge in [-0.2, -0.15) is 0 Å². The van der Waals surface area contributed by atoms with Gasteiger partial charge < -0.3 is 11.1 Å². The third-order valence-electron chi connectivity index (χ3n) is 1.83. The zero-order valence-electron chi connectivity index (χ0n) is 6.85. The molecule has 60 valence electrons. The van der Waals surface area contributed by atoms with Crippen molar-refractivity contribution in [2.45, 2.75) is 26.3 Å². The Kier molecular flexibility index (Phi) is 4.03. The van der Waals surface area contributed by atoms with Gasteiger partial charge in [-0.05, 0) is 13.0 Å². The van der Waals surface area contributed by atoms with Crippen molar-refractivity contribution in [2.24, 2.45) is 11.7 Å². The van der Waals surface area contributed by atoms with E-state index in [0.717, 1.165) is 6.42 Å². The first-order valence-electron chi connectivity index (χ1n) is 3.60. The molecule has 0 bridgehead atoms. The molecule has 3 N–H and O–H groups in total. The number of likely N-dealkylation sites (N-methyl/N-ethyl adjacent to an activating group) is 1. The fraction of sp³-hybridized carbons (Fsp3) is 0.857. The quantitative estimate of drug-likeness (QED) is 0.588. The van der Waals surface area contributed by atoms with Crippen LogP contribution in [-0.4, -0.2) is 19.0 Å². The molecule has 3 heteroatoms. The minimum absolute atomic E-state index is 0.176. The smallest absolute Gasteiger partial charge is 0.234 e. The molecule has 0 spiro atoms. The molecular weight excluding hydrogens is 128 g/mol. The van der Waals surface area contributed by atoms with Crippen molar-refractivity contribution >= 4 is 5.91 Å². The van der Waals surface area contributed by atoms with Gasteiger partial charge in [-0.25, -0.2) is 0 Å². The average molecular weight is 144 g/mol. The SMILES string of the molecule is CC[C@H](C)[C@H](NC)C(N)=O. The lowest BCUT2D eigenvalue weighted by Crippen LogP contribution is -2.43. The summed E-state index contributed by atoms with van der Waals surface area (Å²) in [6.45, 7) is 4.05. The Hall–Kier alpha value is -0.570. The largest absolute Gasteiger partial charge is 0.368 e. The number of amides is 1. The average Bonchev–Trinajstić information content (AvgIpc) is 1.88. The van der Waals surface area contributed by atoms with Gasteiger partial charge in [-0.15, -0.1) is 0 Å². The summed E-state index contributed by atoms with van der Waals surface area (Å²) in [5.41, 5.74) is 5.12. The molecule has 2 atom stereocenters. The molecule has 0 unspecified atom stereocenters. The van der Waals surface area contributed by atoms with Gasteiger partial charge in [0.05, 0.1) is 6.04 Å². The summed E-state index contributed by atoms with van der Waals surface area (Å²) < 4.78 is 0. The number of hydrogen-bond acceptors (Lipinski definition) is 2. The molecule has 0 aliphatic carbocycles. The molecule has 0 radical (unpaired) electrons. The molecular formula is C7H16N2O. The molecule has 0 aromatic rings. The summed E-state index contributed by atoms with van der Waals surface area (Å²) in [5, 5.41) is 2.88. The molecule has 0 aromatic carbocycles. The second-order valence-corrected chi connectivity index (χ2v) is 2.55. The normalized spacial score (nSPS) is 16.3. The molecule has 0 saturated heterocycles. The topological polar surface area (TPSA) is 55.1 Å². The lowest BCUT2D eigenvalue weighted by atomic mass is 9.99. The first-order chi connectivity index (χ1) is 4.63. The van der Waals surface area contributed by atoms with E-state index in [1.807, 2.05) is 13.8 Å². The van der Waals surface area contributed by atoms with Crippen LogP contribution in [0.25, 0.3) is 0 Å². The van der Waals surface area contributed by atoms with Crippen LogP contribution in [0, 0.1) is 5.92 Å². The Labute approximate surface area is 62.0 Å². The minimum atomic E-state index is -0.267. The van der Waals surface area contributed by atoms with Crippen LogP contribution in [0.15, 0.2) is 0 Å². The molecule has 0 aromatic heterocycles. The van der Waals surface area contributed by atoms with E-state index in [9.17, 15) is 4.79 Å². The van der Waals surface area contributed by atoms with Crippen LogP contribution >= 0.6 is 0 Å². The minimum Gasteiger partial charge on any atom is -0.368 e. The highest BCUT2D eigenvalue weighted by Gasteiger charge is 2.18. The van der Waals surface area contributed by atoms with Crippen LogP contribution < -0.4 is 11.1 Å². The summed E-state index contributed by atoms with van der Waals surface area (Å²) in [7, 11) is 1.75. The number of carbonyl (C=O) groups is 1. The maximum absolute atomic E-state index is 10.7. The zero-order chi connectivity index (χ0) is 8.15. The van der Waals surface area contributed by atoms with Gasteiger partial charge >= 0.3 is 0 Å². The van der Waals surface area contributed by atoms with Crippen LogP contribution in [0.4, 0.5) is 0 Å². The van der Waals surface area contributed by atoms with Crippen molar-refractivity contribution in [3.63, 3.8) is 0 Å². The van der Waals surface area contributed by atoms with E-state index in [1.165, 1.54) is 0 Å². The molecule has 10 heavy (non-hydrogen) atoms. The van der Waals surface area contributed by atoms with E-state index >= 15 is 0 Å². The van der Waals surface area contributed by atoms with Gasteiger partial charge in [0.15, 0.2) is 0 Å². The van der Waals surface area contributed by atoms with Crippen molar-refractivity contribution in [3.05, 3.63) is 0 Å². The summed E-state index contributed by atoms with van der Waals surface area (Å²) in [6, 6.07) is -0.176. The van der Waals surface area contributed by atoms with E-state index in [2.05, 4.69) is 5.32 Å². The molecule has 0 heterocycles. The Morgan fingerprint density at radius 2 is 2.20 bits per heavy atom. The Morgan fingerprint density at radius 1 is 1.70 bits per heavy atom. The van der Waals surface area contributed by atoms with Gasteiger partial charge in [-0.3, -0.25) is 4.79 Å². The highest BCUT2D eigenvalue weighted by molar-refractivity contribution is 5.80. The predicted molar refractivity (Wildman–Crippen MR) is 41.5 cm³/mol. The number of carbonyl (C=O) groups excluding carboxylic acids is 1. The van der Waals surface area contributed by atoms with E-state index < -0.39 is 0 Å². The molecule has 3 nitrogen and oxygen atoms in total. The lowest BCUT2D eigenvalue weighted by Gasteiger charge is -2.18. The van der Waals surface area contributed by atoms with Gasteiger partial charge in [0.2, 0.25) is 5.91 Å². The fourth-order valence-corrected chi connectivity index (χ4v) is 0.943. The third kappa shape index (κ3) is 2.35. The summed E-state index contributed by atoms with van der Waals surface area (Å²) in [4.78, 5) is 10.7. The Balaban J connectivity index is 3.92. The Bertz CT molecular complexity index is 114. The predicted octanol–water partition coefficient (Wildman–Crippen LogP) is 0.106. The maximum Gasteiger partial charge on any atom is 0.234 e. The van der Waals surface area contributed by atoms with Crippen molar-refractivity contribution in [2.75, 3.05) is 7.05 Å². The number of hydrogen-bond donors (Lipinski definition) is 2. The standard InChI is InChI=1S/C7H16N2O/c1-4-5(2)6(9-3)7(8)10/h5-6,9H,4H2,1-3H3,(H2,8,10)/t5-,6-/m0/s1. The first-order valence-corrected chi connectivity index (χ1v) is 3.60. The molecule has 0 saturated carbocycles. The van der Waals surface area contributed by atoms with Crippen LogP contribution in [0.1, 0.15) is 20.3 Å². The van der Waals surface area contributed by atoms with Crippen LogP contribution in [0.2, 0.25) is 0 Å². The van der Waals surface area contributed by atoms with Crippen molar-refractivity contribution in [3.8, 4) is 0 Å². The number of nitrogens with two attached hydrogens (primary N) is 1. The summed E-state index contributed by atoms with van der Waals surface area (Å²) in [5.74, 6) is 0.0550. The second kappa shape index (κ2) is 4.28. The zero-order valence-corrected chi connectivity index (χ0v) is 6.85. The van der Waals surface area contributed by atoms with Gasteiger partial charge in [0.25, 0.3) is 0 Å². The van der Waals surface area contributed by atoms with Gasteiger partial charge in [0, 0.05) is 0 Å². The lowest BCUT2D eigenvalue weighted by molar-refractivity contribution is -0.121. The maximum atomic E-state index is 10.7. The van der Waals surface area contributed by atoms with E-state index in [0.29, 0.717) is 5.92 Å². The fourth-order valence-electron chi connectivity index (χ4n) is 0.943. The van der Waals surface area contributed by atoms with Crippen molar-refractivity contribution in [1.29, 1.82) is 0 Å². The first kappa shape index (κ1) is 9.43. The second-order valence-electron chi connectivity index (χ2n) is 2.55. The number of rotatable bonds is 4. The van der Waals surface area contributed by atoms with Gasteiger partial charge in [0.1, 0.15) is 0 Å². The monoisotopic (exact) mass is 144 g/mol. The van der Waals surface area contributed by atoms with E-state index in [1.54, 1.807) is 7.05 Å². The highest BCUT2D eigenvalue weighted by atomic mass is 16.1. The summed E-state index contributed by atoms with van der Waals surface area (Å²) in [6.07, 6.45) is 0.967. The summed E-state index contributed by atoms with van der Waals surface area (Å²) >= 11 is 0. The van der Waals surface area contributed by atoms with E-state index in [-0.39, 0.29) is 11.9 Å². The number of nitrogens with one attached hydrogen (secondary N) is 1. The molecule has 0 fully saturated rings.